The van der Waals surface area contributed by atoms with E-state index in [1.165, 1.54) is 12.1 Å². The molecule has 0 spiro atoms. The molecule has 6 aromatic rings. The van der Waals surface area contributed by atoms with Crippen molar-refractivity contribution in [2.24, 2.45) is 0 Å². The van der Waals surface area contributed by atoms with E-state index in [0.29, 0.717) is 50.1 Å². The van der Waals surface area contributed by atoms with Gasteiger partial charge in [0.1, 0.15) is 0 Å². The average Bonchev–Trinajstić information content (AvgIpc) is 3.06. The predicted octanol–water partition coefficient (Wildman–Crippen LogP) is 5.21. The monoisotopic (exact) mass is 676 g/mol. The topological polar surface area (TPSA) is 175 Å². The van der Waals surface area contributed by atoms with Crippen LogP contribution >= 0.6 is 23.5 Å². The van der Waals surface area contributed by atoms with E-state index in [1.54, 1.807) is 32.0 Å². The number of aromatic nitrogens is 6. The number of H-pyrrole nitrogens is 2. The van der Waals surface area contributed by atoms with Crippen LogP contribution in [0.1, 0.15) is 11.4 Å². The van der Waals surface area contributed by atoms with E-state index in [2.05, 4.69) is 30.6 Å². The fourth-order valence-electron chi connectivity index (χ4n) is 4.76. The second-order valence-corrected chi connectivity index (χ2v) is 12.6. The van der Waals surface area contributed by atoms with E-state index in [0.717, 1.165) is 40.0 Å². The Labute approximate surface area is 282 Å². The molecule has 0 aliphatic heterocycles. The van der Waals surface area contributed by atoms with E-state index >= 15 is 0 Å². The second kappa shape index (κ2) is 14.4. The summed E-state index contributed by atoms with van der Waals surface area (Å²) in [7, 11) is 0. The number of nitrogens with one attached hydrogen (secondary N) is 4. The molecule has 3 aromatic carbocycles. The number of nitrogens with zero attached hydrogens (tertiary/aromatic N) is 4. The quantitative estimate of drug-likeness (QED) is 0.111. The molecule has 2 amide bonds. The first kappa shape index (κ1) is 32.3. The summed E-state index contributed by atoms with van der Waals surface area (Å²) in [5, 5.41) is 7.29. The van der Waals surface area contributed by atoms with E-state index in [4.69, 9.17) is 9.97 Å². The van der Waals surface area contributed by atoms with Crippen LogP contribution in [0.25, 0.3) is 33.5 Å². The van der Waals surface area contributed by atoms with Crippen molar-refractivity contribution in [2.45, 2.75) is 24.2 Å². The second-order valence-electron chi connectivity index (χ2n) is 10.6. The number of rotatable bonds is 10. The summed E-state index contributed by atoms with van der Waals surface area (Å²) < 4.78 is 0. The Morgan fingerprint density at radius 3 is 1.79 bits per heavy atom. The minimum Gasteiger partial charge on any atom is -0.325 e. The fourth-order valence-corrected chi connectivity index (χ4v) is 6.20. The fraction of sp³-hybridized carbons (Fsp3) is 0.118. The molecule has 12 nitrogen and oxygen atoms in total. The maximum Gasteiger partial charge on any atom is 0.251 e. The Morgan fingerprint density at radius 1 is 0.646 bits per heavy atom. The lowest BCUT2D eigenvalue weighted by molar-refractivity contribution is -0.114. The lowest BCUT2D eigenvalue weighted by Gasteiger charge is -2.12. The number of hydrogen-bond acceptors (Lipinski definition) is 10. The van der Waals surface area contributed by atoms with Gasteiger partial charge in [0.2, 0.25) is 11.8 Å². The Morgan fingerprint density at radius 2 is 1.21 bits per heavy atom. The number of thioether (sulfide) groups is 2. The predicted molar refractivity (Wildman–Crippen MR) is 188 cm³/mol. The zero-order valence-corrected chi connectivity index (χ0v) is 27.4. The summed E-state index contributed by atoms with van der Waals surface area (Å²) in [4.78, 5) is 72.2. The first-order valence-corrected chi connectivity index (χ1v) is 16.6. The molecule has 48 heavy (non-hydrogen) atoms. The molecule has 6 rings (SSSR count). The molecule has 240 valence electrons. The van der Waals surface area contributed by atoms with Gasteiger partial charge in [-0.1, -0.05) is 53.9 Å². The largest absolute Gasteiger partial charge is 0.325 e. The molecule has 0 unspecified atom stereocenters. The highest BCUT2D eigenvalue weighted by atomic mass is 32.2. The van der Waals surface area contributed by atoms with Gasteiger partial charge in [-0.05, 0) is 56.3 Å². The van der Waals surface area contributed by atoms with E-state index in [9.17, 15) is 19.2 Å². The third-order valence-corrected chi connectivity index (χ3v) is 8.58. The molecule has 3 aromatic heterocycles. The average molecular weight is 677 g/mol. The molecule has 0 fully saturated rings. The normalized spacial score (nSPS) is 11.0. The van der Waals surface area contributed by atoms with Gasteiger partial charge in [-0.25, -0.2) is 19.9 Å². The number of carbonyl (C=O) groups is 2. The highest BCUT2D eigenvalue weighted by Crippen LogP contribution is 2.31. The van der Waals surface area contributed by atoms with Gasteiger partial charge in [0, 0.05) is 51.4 Å². The molecule has 0 aliphatic rings. The van der Waals surface area contributed by atoms with E-state index < -0.39 is 0 Å². The molecular weight excluding hydrogens is 649 g/mol. The van der Waals surface area contributed by atoms with Gasteiger partial charge in [0.15, 0.2) is 16.1 Å². The van der Waals surface area contributed by atoms with Gasteiger partial charge >= 0.3 is 0 Å². The van der Waals surface area contributed by atoms with Crippen LogP contribution < -0.4 is 21.8 Å². The Balaban J connectivity index is 1.19. The smallest absolute Gasteiger partial charge is 0.251 e. The minimum atomic E-state index is -0.266. The number of hydrogen-bond donors (Lipinski definition) is 4. The molecule has 0 aliphatic carbocycles. The Bertz CT molecular complexity index is 2260. The molecular formula is C34H28N8O4S2. The van der Waals surface area contributed by atoms with Gasteiger partial charge in [-0.15, -0.1) is 0 Å². The van der Waals surface area contributed by atoms with Crippen molar-refractivity contribution in [3.8, 4) is 22.6 Å². The summed E-state index contributed by atoms with van der Waals surface area (Å²) >= 11 is 2.29. The van der Waals surface area contributed by atoms with Gasteiger partial charge in [0.25, 0.3) is 11.1 Å². The number of anilines is 2. The maximum atomic E-state index is 12.8. The van der Waals surface area contributed by atoms with Crippen LogP contribution in [-0.4, -0.2) is 53.2 Å². The molecule has 0 radical (unpaired) electrons. The maximum absolute atomic E-state index is 12.8. The highest BCUT2D eigenvalue weighted by molar-refractivity contribution is 8.00. The molecule has 0 bridgehead atoms. The number of amides is 2. The molecule has 4 N–H and O–H groups in total. The minimum absolute atomic E-state index is 0.0610. The SMILES string of the molecule is Cc1cc(=O)[nH]c(SCC(=O)Nc2ccc(-c3nc(-c4ccccc4)c4cc(NC(=O)CSc5nc(C)cc(=O)[nH]5)ccc4n3)cc2)n1. The summed E-state index contributed by atoms with van der Waals surface area (Å²) in [6, 6.07) is 25.2. The van der Waals surface area contributed by atoms with Crippen molar-refractivity contribution in [3.05, 3.63) is 117 Å². The molecule has 3 heterocycles. The van der Waals surface area contributed by atoms with Crippen LogP contribution in [0.15, 0.2) is 105 Å². The van der Waals surface area contributed by atoms with Crippen molar-refractivity contribution in [3.63, 3.8) is 0 Å². The van der Waals surface area contributed by atoms with Crippen molar-refractivity contribution in [1.29, 1.82) is 0 Å². The molecule has 0 saturated heterocycles. The third-order valence-electron chi connectivity index (χ3n) is 6.83. The van der Waals surface area contributed by atoms with Crippen LogP contribution in [0.2, 0.25) is 0 Å². The lowest BCUT2D eigenvalue weighted by Crippen LogP contribution is -2.15. The number of fused-ring (bicyclic) bond motifs is 1. The van der Waals surface area contributed by atoms with Crippen molar-refractivity contribution in [1.82, 2.24) is 29.9 Å². The number of benzene rings is 3. The highest BCUT2D eigenvalue weighted by Gasteiger charge is 2.14. The van der Waals surface area contributed by atoms with Crippen molar-refractivity contribution >= 4 is 57.6 Å². The summed E-state index contributed by atoms with van der Waals surface area (Å²) in [6.07, 6.45) is 0. The first-order valence-electron chi connectivity index (χ1n) is 14.7. The lowest BCUT2D eigenvalue weighted by atomic mass is 10.0. The van der Waals surface area contributed by atoms with Gasteiger partial charge in [0.05, 0.1) is 22.7 Å². The third kappa shape index (κ3) is 8.21. The van der Waals surface area contributed by atoms with Crippen LogP contribution in [0, 0.1) is 13.8 Å². The van der Waals surface area contributed by atoms with E-state index in [-0.39, 0.29) is 34.4 Å². The number of aryl methyl sites for hydroxylation is 2. The zero-order chi connectivity index (χ0) is 33.6. The molecule has 14 heteroatoms. The van der Waals surface area contributed by atoms with Gasteiger partial charge in [-0.2, -0.15) is 0 Å². The molecule has 0 saturated carbocycles. The molecule has 0 atom stereocenters. The summed E-state index contributed by atoms with van der Waals surface area (Å²) in [5.41, 5.74) is 4.82. The standard InChI is InChI=1S/C34H28N8O4S2/c1-19-14-27(43)40-33(35-19)47-17-29(45)37-23-10-8-22(9-11-23)32-39-26-13-12-24(16-25(26)31(42-32)21-6-4-3-5-7-21)38-30(46)18-48-34-36-20(2)15-28(44)41-34/h3-16H,17-18H2,1-2H3,(H,37,45)(H,38,46)(H,35,40,43)(H,36,41,44). The van der Waals surface area contributed by atoms with Crippen LogP contribution in [0.5, 0.6) is 0 Å². The van der Waals surface area contributed by atoms with Crippen molar-refractivity contribution in [2.75, 3.05) is 22.1 Å². The Hall–Kier alpha value is -5.60. The Kier molecular flexibility index (Phi) is 9.73. The number of aromatic amines is 2. The van der Waals surface area contributed by atoms with Crippen molar-refractivity contribution < 1.29 is 9.59 Å². The van der Waals surface area contributed by atoms with Gasteiger partial charge in [-0.3, -0.25) is 19.2 Å². The van der Waals surface area contributed by atoms with E-state index in [1.807, 2.05) is 54.6 Å². The van der Waals surface area contributed by atoms with Gasteiger partial charge < -0.3 is 20.6 Å². The first-order chi connectivity index (χ1) is 23.2. The van der Waals surface area contributed by atoms with Crippen LogP contribution in [0.4, 0.5) is 11.4 Å². The summed E-state index contributed by atoms with van der Waals surface area (Å²) in [5.74, 6) is 0.139. The van der Waals surface area contributed by atoms with Crippen LogP contribution in [0.3, 0.4) is 0 Å². The number of carbonyl (C=O) groups excluding carboxylic acids is 2. The summed E-state index contributed by atoms with van der Waals surface area (Å²) in [6.45, 7) is 3.44. The zero-order valence-electron chi connectivity index (χ0n) is 25.7. The van der Waals surface area contributed by atoms with Crippen LogP contribution in [-0.2, 0) is 9.59 Å².